The van der Waals surface area contributed by atoms with Gasteiger partial charge in [-0.3, -0.25) is 0 Å². The molecule has 2 aromatic heterocycles. The fourth-order valence-electron chi connectivity index (χ4n) is 3.99. The maximum Gasteiger partial charge on any atom is 0.226 e. The van der Waals surface area contributed by atoms with Crippen LogP contribution in [-0.2, 0) is 6.42 Å². The van der Waals surface area contributed by atoms with Crippen molar-refractivity contribution >= 4 is 5.95 Å². The van der Waals surface area contributed by atoms with E-state index < -0.39 is 0 Å². The molecule has 0 radical (unpaired) electrons. The molecule has 1 aromatic carbocycles. The summed E-state index contributed by atoms with van der Waals surface area (Å²) < 4.78 is 5.36. The van der Waals surface area contributed by atoms with Crippen molar-refractivity contribution in [1.29, 1.82) is 0 Å². The summed E-state index contributed by atoms with van der Waals surface area (Å²) in [6, 6.07) is 16.5. The average Bonchev–Trinajstić information content (AvgIpc) is 2.83. The highest BCUT2D eigenvalue weighted by Crippen LogP contribution is 2.36. The van der Waals surface area contributed by atoms with Crippen LogP contribution in [0.5, 0.6) is 5.75 Å². The molecule has 1 unspecified atom stereocenters. The van der Waals surface area contributed by atoms with Crippen molar-refractivity contribution in [3.63, 3.8) is 0 Å². The fourth-order valence-corrected chi connectivity index (χ4v) is 3.99. The van der Waals surface area contributed by atoms with Gasteiger partial charge in [-0.05, 0) is 61.2 Å². The summed E-state index contributed by atoms with van der Waals surface area (Å²) in [7, 11) is 1.69. The summed E-state index contributed by atoms with van der Waals surface area (Å²) in [4.78, 5) is 14.9. The molecule has 1 aliphatic rings. The zero-order chi connectivity index (χ0) is 20.2. The second-order valence-electron chi connectivity index (χ2n) is 7.30. The Balaban J connectivity index is 1.94. The first-order valence-corrected chi connectivity index (χ1v) is 9.86. The molecule has 0 fully saturated rings. The third-order valence-corrected chi connectivity index (χ3v) is 5.37. The molecule has 0 spiro atoms. The Bertz CT molecular complexity index is 1030. The highest BCUT2D eigenvalue weighted by Gasteiger charge is 2.31. The number of aromatic amines is 1. The Labute approximate surface area is 171 Å². The third-order valence-electron chi connectivity index (χ3n) is 5.37. The predicted octanol–water partition coefficient (Wildman–Crippen LogP) is 4.71. The molecule has 3 heterocycles. The van der Waals surface area contributed by atoms with Gasteiger partial charge in [0, 0.05) is 30.8 Å². The van der Waals surface area contributed by atoms with Gasteiger partial charge in [-0.25, -0.2) is 9.97 Å². The molecule has 5 nitrogen and oxygen atoms in total. The minimum atomic E-state index is -0.0153. The molecular formula is C24H26N4O. The Morgan fingerprint density at radius 2 is 1.79 bits per heavy atom. The molecule has 1 atom stereocenters. The number of ether oxygens (including phenoxy) is 1. The van der Waals surface area contributed by atoms with Crippen LogP contribution < -0.4 is 9.64 Å². The second-order valence-corrected chi connectivity index (χ2v) is 7.30. The minimum Gasteiger partial charge on any atom is -0.497 e. The van der Waals surface area contributed by atoms with Crippen LogP contribution in [0, 0.1) is 13.8 Å². The van der Waals surface area contributed by atoms with Crippen molar-refractivity contribution in [3.05, 3.63) is 95.1 Å². The zero-order valence-corrected chi connectivity index (χ0v) is 17.1. The normalized spacial score (nSPS) is 15.4. The van der Waals surface area contributed by atoms with E-state index in [2.05, 4.69) is 64.0 Å². The summed E-state index contributed by atoms with van der Waals surface area (Å²) in [6.07, 6.45) is 6.53. The van der Waals surface area contributed by atoms with Gasteiger partial charge < -0.3 is 14.6 Å². The van der Waals surface area contributed by atoms with Gasteiger partial charge in [-0.2, -0.15) is 0 Å². The van der Waals surface area contributed by atoms with Gasteiger partial charge in [0.1, 0.15) is 5.75 Å². The van der Waals surface area contributed by atoms with Crippen LogP contribution in [0.15, 0.2) is 67.1 Å². The number of nitrogens with zero attached hydrogens (tertiary/aromatic N) is 3. The van der Waals surface area contributed by atoms with Crippen molar-refractivity contribution in [1.82, 2.24) is 15.0 Å². The molecule has 0 bridgehead atoms. The molecule has 0 amide bonds. The maximum atomic E-state index is 5.36. The van der Waals surface area contributed by atoms with E-state index in [0.29, 0.717) is 0 Å². The molecule has 0 saturated heterocycles. The molecular weight excluding hydrogens is 360 g/mol. The van der Waals surface area contributed by atoms with E-state index in [0.717, 1.165) is 24.7 Å². The molecule has 148 valence electrons. The maximum absolute atomic E-state index is 5.36. The fraction of sp³-hybridized carbons (Fsp3) is 0.250. The van der Waals surface area contributed by atoms with Crippen LogP contribution in [0.3, 0.4) is 0 Å². The highest BCUT2D eigenvalue weighted by molar-refractivity contribution is 5.49. The van der Waals surface area contributed by atoms with E-state index >= 15 is 0 Å². The van der Waals surface area contributed by atoms with Crippen LogP contribution in [0.4, 0.5) is 5.95 Å². The van der Waals surface area contributed by atoms with Crippen LogP contribution in [-0.4, -0.2) is 28.6 Å². The molecule has 5 heteroatoms. The Morgan fingerprint density at radius 3 is 2.52 bits per heavy atom. The number of fused-ring (bicyclic) bond motifs is 1. The van der Waals surface area contributed by atoms with E-state index in [1.54, 1.807) is 19.5 Å². The Morgan fingerprint density at radius 1 is 1.03 bits per heavy atom. The summed E-state index contributed by atoms with van der Waals surface area (Å²) in [5, 5.41) is 0. The number of hydrogen-bond acceptors (Lipinski definition) is 4. The van der Waals surface area contributed by atoms with Crippen LogP contribution in [0.2, 0.25) is 0 Å². The second kappa shape index (κ2) is 8.35. The lowest BCUT2D eigenvalue weighted by atomic mass is 9.90. The number of methoxy groups -OCH3 is 1. The highest BCUT2D eigenvalue weighted by atomic mass is 16.5. The van der Waals surface area contributed by atoms with E-state index in [1.807, 2.05) is 24.4 Å². The largest absolute Gasteiger partial charge is 0.497 e. The number of H-pyrrole nitrogens is 1. The van der Waals surface area contributed by atoms with E-state index in [-0.39, 0.29) is 6.04 Å². The summed E-state index contributed by atoms with van der Waals surface area (Å²) in [5.41, 5.74) is 6.21. The van der Waals surface area contributed by atoms with Crippen LogP contribution in [0.1, 0.15) is 34.0 Å². The SMILES string of the molecule is COc1ccc(C2c3[nH]cccc(C)cc(C)c3CCN2c2ncccn2)cc1. The van der Waals surface area contributed by atoms with Crippen molar-refractivity contribution in [3.8, 4) is 5.75 Å². The molecule has 0 saturated carbocycles. The topological polar surface area (TPSA) is 54.0 Å². The molecule has 1 N–H and O–H groups in total. The molecule has 4 rings (SSSR count). The van der Waals surface area contributed by atoms with E-state index in [1.165, 1.54) is 27.9 Å². The number of anilines is 1. The zero-order valence-electron chi connectivity index (χ0n) is 17.1. The quantitative estimate of drug-likeness (QED) is 0.708. The van der Waals surface area contributed by atoms with Crippen molar-refractivity contribution in [2.24, 2.45) is 0 Å². The third kappa shape index (κ3) is 3.94. The van der Waals surface area contributed by atoms with Crippen molar-refractivity contribution < 1.29 is 4.74 Å². The first-order chi connectivity index (χ1) is 14.2. The van der Waals surface area contributed by atoms with Gasteiger partial charge in [0.25, 0.3) is 0 Å². The van der Waals surface area contributed by atoms with Gasteiger partial charge >= 0.3 is 0 Å². The summed E-state index contributed by atoms with van der Waals surface area (Å²) in [6.45, 7) is 5.17. The molecule has 1 aliphatic heterocycles. The first kappa shape index (κ1) is 19.0. The molecule has 0 aliphatic carbocycles. The monoisotopic (exact) mass is 386 g/mol. The van der Waals surface area contributed by atoms with Gasteiger partial charge in [0.2, 0.25) is 5.95 Å². The van der Waals surface area contributed by atoms with Gasteiger partial charge in [-0.15, -0.1) is 0 Å². The van der Waals surface area contributed by atoms with Crippen LogP contribution in [0.25, 0.3) is 0 Å². The standard InChI is InChI=1S/C24H26N4O/c1-17-6-4-12-25-22-21(18(2)16-17)11-15-28(24-26-13-5-14-27-24)23(22)19-7-9-20(29-3)10-8-19/h4-10,12-14,16,23,25H,11,15H2,1-3H3. The van der Waals surface area contributed by atoms with E-state index in [9.17, 15) is 0 Å². The number of benzene rings is 1. The smallest absolute Gasteiger partial charge is 0.226 e. The first-order valence-electron chi connectivity index (χ1n) is 9.86. The summed E-state index contributed by atoms with van der Waals surface area (Å²) >= 11 is 0. The number of hydrogen-bond donors (Lipinski definition) is 1. The van der Waals surface area contributed by atoms with Gasteiger partial charge in [-0.1, -0.05) is 29.8 Å². The summed E-state index contributed by atoms with van der Waals surface area (Å²) in [5.74, 6) is 1.58. The van der Waals surface area contributed by atoms with Gasteiger partial charge in [0.15, 0.2) is 0 Å². The molecule has 29 heavy (non-hydrogen) atoms. The van der Waals surface area contributed by atoms with Crippen LogP contribution >= 0.6 is 0 Å². The Hall–Kier alpha value is -3.34. The minimum absolute atomic E-state index is 0.0153. The number of nitrogens with one attached hydrogen (secondary N) is 1. The lowest BCUT2D eigenvalue weighted by Gasteiger charge is -2.37. The van der Waals surface area contributed by atoms with Gasteiger partial charge in [0.05, 0.1) is 13.2 Å². The van der Waals surface area contributed by atoms with E-state index in [4.69, 9.17) is 4.74 Å². The molecule has 3 aromatic rings. The lowest BCUT2D eigenvalue weighted by Crippen LogP contribution is -2.38. The predicted molar refractivity (Wildman–Crippen MR) is 116 cm³/mol. The number of aryl methyl sites for hydroxylation is 2. The number of aromatic nitrogens is 3. The van der Waals surface area contributed by atoms with Crippen molar-refractivity contribution in [2.75, 3.05) is 18.6 Å². The Kier molecular flexibility index (Phi) is 5.47. The van der Waals surface area contributed by atoms with Crippen molar-refractivity contribution in [2.45, 2.75) is 26.3 Å². The average molecular weight is 386 g/mol. The number of rotatable bonds is 3. The lowest BCUT2D eigenvalue weighted by molar-refractivity contribution is 0.414.